The van der Waals surface area contributed by atoms with Gasteiger partial charge in [0.25, 0.3) is 0 Å². The van der Waals surface area contributed by atoms with Crippen LogP contribution < -0.4 is 20.1 Å². The average Bonchev–Trinajstić information content (AvgIpc) is 2.69. The second-order valence-electron chi connectivity index (χ2n) is 5.89. The normalized spacial score (nSPS) is 10.4. The van der Waals surface area contributed by atoms with Gasteiger partial charge in [-0.15, -0.1) is 0 Å². The Morgan fingerprint density at radius 1 is 1.00 bits per heavy atom. The van der Waals surface area contributed by atoms with Crippen LogP contribution >= 0.6 is 11.6 Å². The van der Waals surface area contributed by atoms with Gasteiger partial charge in [0.2, 0.25) is 5.95 Å². The number of nitrogens with one attached hydrogen (secondary N) is 2. The molecule has 0 aliphatic rings. The Morgan fingerprint density at radius 3 is 2.59 bits per heavy atom. The summed E-state index contributed by atoms with van der Waals surface area (Å²) in [5, 5.41) is 7.15. The van der Waals surface area contributed by atoms with E-state index in [0.717, 1.165) is 16.8 Å². The fourth-order valence-corrected chi connectivity index (χ4v) is 2.72. The molecule has 0 saturated carbocycles. The lowest BCUT2D eigenvalue weighted by Gasteiger charge is -2.12. The first-order valence-electron chi connectivity index (χ1n) is 8.40. The van der Waals surface area contributed by atoms with Crippen molar-refractivity contribution in [2.45, 2.75) is 13.5 Å². The summed E-state index contributed by atoms with van der Waals surface area (Å²) in [5.74, 6) is 2.60. The van der Waals surface area contributed by atoms with Gasteiger partial charge in [0.05, 0.1) is 14.2 Å². The topological polar surface area (TPSA) is 68.3 Å². The lowest BCUT2D eigenvalue weighted by molar-refractivity contribution is 0.354. The Labute approximate surface area is 163 Å². The molecular formula is C20H21ClN4O2. The Morgan fingerprint density at radius 2 is 1.81 bits per heavy atom. The van der Waals surface area contributed by atoms with E-state index < -0.39 is 0 Å². The average molecular weight is 385 g/mol. The van der Waals surface area contributed by atoms with Crippen molar-refractivity contribution < 1.29 is 9.47 Å². The molecule has 3 aromatic rings. The number of benzene rings is 2. The molecule has 140 valence electrons. The molecule has 0 aliphatic heterocycles. The van der Waals surface area contributed by atoms with E-state index in [0.29, 0.717) is 34.8 Å². The summed E-state index contributed by atoms with van der Waals surface area (Å²) >= 11 is 6.07. The van der Waals surface area contributed by atoms with Crippen molar-refractivity contribution in [2.24, 2.45) is 0 Å². The molecule has 6 nitrogen and oxygen atoms in total. The first-order valence-corrected chi connectivity index (χ1v) is 8.78. The number of rotatable bonds is 7. The van der Waals surface area contributed by atoms with Crippen LogP contribution in [0.25, 0.3) is 0 Å². The number of anilines is 3. The zero-order valence-electron chi connectivity index (χ0n) is 15.4. The van der Waals surface area contributed by atoms with Crippen molar-refractivity contribution in [1.29, 1.82) is 0 Å². The molecule has 1 heterocycles. The van der Waals surface area contributed by atoms with Crippen LogP contribution in [0, 0.1) is 6.92 Å². The summed E-state index contributed by atoms with van der Waals surface area (Å²) in [6.45, 7) is 2.59. The highest BCUT2D eigenvalue weighted by Crippen LogP contribution is 2.28. The summed E-state index contributed by atoms with van der Waals surface area (Å²) in [6, 6.07) is 13.3. The van der Waals surface area contributed by atoms with Crippen molar-refractivity contribution >= 4 is 29.1 Å². The molecule has 2 aromatic carbocycles. The number of methoxy groups -OCH3 is 2. The fourth-order valence-electron chi connectivity index (χ4n) is 2.55. The second-order valence-corrected chi connectivity index (χ2v) is 6.33. The molecule has 0 saturated heterocycles. The van der Waals surface area contributed by atoms with Gasteiger partial charge in [0, 0.05) is 23.5 Å². The van der Waals surface area contributed by atoms with Crippen LogP contribution in [0.1, 0.15) is 11.1 Å². The maximum Gasteiger partial charge on any atom is 0.229 e. The minimum absolute atomic E-state index is 0.498. The minimum atomic E-state index is 0.498. The summed E-state index contributed by atoms with van der Waals surface area (Å²) in [5.41, 5.74) is 2.98. The summed E-state index contributed by atoms with van der Waals surface area (Å²) < 4.78 is 10.6. The van der Waals surface area contributed by atoms with E-state index in [-0.39, 0.29) is 0 Å². The molecule has 7 heteroatoms. The van der Waals surface area contributed by atoms with Crippen LogP contribution in [0.3, 0.4) is 0 Å². The predicted octanol–water partition coefficient (Wildman–Crippen LogP) is 4.81. The van der Waals surface area contributed by atoms with Gasteiger partial charge in [-0.05, 0) is 48.4 Å². The van der Waals surface area contributed by atoms with E-state index in [4.69, 9.17) is 21.1 Å². The number of aromatic nitrogens is 2. The molecular weight excluding hydrogens is 364 g/mol. The van der Waals surface area contributed by atoms with Crippen LogP contribution in [0.5, 0.6) is 11.5 Å². The molecule has 0 fully saturated rings. The van der Waals surface area contributed by atoms with E-state index in [9.17, 15) is 0 Å². The van der Waals surface area contributed by atoms with E-state index >= 15 is 0 Å². The van der Waals surface area contributed by atoms with E-state index in [1.807, 2.05) is 49.4 Å². The molecule has 0 aliphatic carbocycles. The Hall–Kier alpha value is -2.99. The van der Waals surface area contributed by atoms with Crippen LogP contribution in [-0.2, 0) is 6.54 Å². The van der Waals surface area contributed by atoms with E-state index in [1.165, 1.54) is 0 Å². The van der Waals surface area contributed by atoms with Gasteiger partial charge in [0.15, 0.2) is 11.5 Å². The molecule has 0 radical (unpaired) electrons. The third kappa shape index (κ3) is 4.80. The van der Waals surface area contributed by atoms with Gasteiger partial charge in [-0.25, -0.2) is 4.98 Å². The maximum absolute atomic E-state index is 6.07. The predicted molar refractivity (Wildman–Crippen MR) is 108 cm³/mol. The molecule has 0 bridgehead atoms. The molecule has 0 amide bonds. The fraction of sp³-hybridized carbons (Fsp3) is 0.200. The number of hydrogen-bond donors (Lipinski definition) is 2. The quantitative estimate of drug-likeness (QED) is 0.609. The van der Waals surface area contributed by atoms with Crippen molar-refractivity contribution in [3.8, 4) is 11.5 Å². The van der Waals surface area contributed by atoms with Crippen LogP contribution in [0.4, 0.5) is 17.5 Å². The molecule has 3 rings (SSSR count). The molecule has 1 aromatic heterocycles. The Kier molecular flexibility index (Phi) is 5.98. The molecule has 27 heavy (non-hydrogen) atoms. The van der Waals surface area contributed by atoms with Gasteiger partial charge in [-0.1, -0.05) is 23.7 Å². The standard InChI is InChI=1S/C20H21ClN4O2/c1-13-4-6-15(21)11-16(13)24-20-22-9-8-19(25-20)23-12-14-5-7-17(26-2)18(10-14)27-3/h4-11H,12H2,1-3H3,(H2,22,23,24,25). The van der Waals surface area contributed by atoms with Crippen molar-refractivity contribution in [3.05, 3.63) is 64.8 Å². The largest absolute Gasteiger partial charge is 0.493 e. The number of ether oxygens (including phenoxy) is 2. The SMILES string of the molecule is COc1ccc(CNc2ccnc(Nc3cc(Cl)ccc3C)n2)cc1OC. The van der Waals surface area contributed by atoms with Crippen LogP contribution in [0.15, 0.2) is 48.7 Å². The number of aryl methyl sites for hydroxylation is 1. The van der Waals surface area contributed by atoms with Crippen LogP contribution in [0.2, 0.25) is 5.02 Å². The van der Waals surface area contributed by atoms with E-state index in [2.05, 4.69) is 20.6 Å². The number of nitrogens with zero attached hydrogens (tertiary/aromatic N) is 2. The lowest BCUT2D eigenvalue weighted by Crippen LogP contribution is -2.05. The van der Waals surface area contributed by atoms with Crippen LogP contribution in [-0.4, -0.2) is 24.2 Å². The van der Waals surface area contributed by atoms with Gasteiger partial charge in [-0.3, -0.25) is 0 Å². The first-order chi connectivity index (χ1) is 13.1. The minimum Gasteiger partial charge on any atom is -0.493 e. The van der Waals surface area contributed by atoms with Crippen molar-refractivity contribution in [2.75, 3.05) is 24.9 Å². The van der Waals surface area contributed by atoms with Crippen molar-refractivity contribution in [3.63, 3.8) is 0 Å². The van der Waals surface area contributed by atoms with Gasteiger partial charge < -0.3 is 20.1 Å². The van der Waals surface area contributed by atoms with E-state index in [1.54, 1.807) is 20.4 Å². The Balaban J connectivity index is 1.70. The highest BCUT2D eigenvalue weighted by atomic mass is 35.5. The summed E-state index contributed by atoms with van der Waals surface area (Å²) in [7, 11) is 3.24. The number of hydrogen-bond acceptors (Lipinski definition) is 6. The summed E-state index contributed by atoms with van der Waals surface area (Å²) in [6.07, 6.45) is 1.70. The van der Waals surface area contributed by atoms with Gasteiger partial charge in [-0.2, -0.15) is 4.98 Å². The summed E-state index contributed by atoms with van der Waals surface area (Å²) in [4.78, 5) is 8.77. The Bertz CT molecular complexity index is 934. The smallest absolute Gasteiger partial charge is 0.229 e. The number of halogens is 1. The zero-order chi connectivity index (χ0) is 19.2. The monoisotopic (exact) mass is 384 g/mol. The highest BCUT2D eigenvalue weighted by molar-refractivity contribution is 6.30. The molecule has 2 N–H and O–H groups in total. The maximum atomic E-state index is 6.07. The first kappa shape index (κ1) is 18.8. The van der Waals surface area contributed by atoms with Crippen molar-refractivity contribution in [1.82, 2.24) is 9.97 Å². The lowest BCUT2D eigenvalue weighted by atomic mass is 10.2. The zero-order valence-corrected chi connectivity index (χ0v) is 16.2. The highest BCUT2D eigenvalue weighted by Gasteiger charge is 2.06. The third-order valence-electron chi connectivity index (χ3n) is 4.02. The van der Waals surface area contributed by atoms with Gasteiger partial charge in [0.1, 0.15) is 5.82 Å². The third-order valence-corrected chi connectivity index (χ3v) is 4.26. The molecule has 0 unspecified atom stereocenters. The van der Waals surface area contributed by atoms with Gasteiger partial charge >= 0.3 is 0 Å². The second kappa shape index (κ2) is 8.60. The molecule has 0 spiro atoms. The molecule has 0 atom stereocenters.